The number of rotatable bonds is 6. The molecule has 0 saturated carbocycles. The van der Waals surface area contributed by atoms with Crippen molar-refractivity contribution in [3.8, 4) is 0 Å². The van der Waals surface area contributed by atoms with Gasteiger partial charge in [-0.15, -0.1) is 6.58 Å². The van der Waals surface area contributed by atoms with Gasteiger partial charge >= 0.3 is 5.97 Å². The normalized spacial score (nSPS) is 10.7. The Morgan fingerprint density at radius 2 is 2.11 bits per heavy atom. The third kappa shape index (κ3) is 4.24. The minimum atomic E-state index is -0.856. The second-order valence-electron chi connectivity index (χ2n) is 4.60. The number of aromatic nitrogens is 2. The molecule has 0 atom stereocenters. The summed E-state index contributed by atoms with van der Waals surface area (Å²) >= 11 is 0. The first-order valence-corrected chi connectivity index (χ1v) is 5.96. The maximum absolute atomic E-state index is 11.6. The molecule has 104 valence electrons. The summed E-state index contributed by atoms with van der Waals surface area (Å²) in [6.07, 6.45) is 1.74. The highest BCUT2D eigenvalue weighted by Gasteiger charge is 2.29. The average Bonchev–Trinajstić information content (AvgIpc) is 2.34. The van der Waals surface area contributed by atoms with Crippen molar-refractivity contribution >= 4 is 17.6 Å². The van der Waals surface area contributed by atoms with Gasteiger partial charge in [-0.2, -0.15) is 0 Å². The molecule has 0 fully saturated rings. The predicted molar refractivity (Wildman–Crippen MR) is 75.2 cm³/mol. The number of carbonyl (C=O) groups excluding carboxylic acids is 1. The molecule has 19 heavy (non-hydrogen) atoms. The Kier molecular flexibility index (Phi) is 4.86. The molecule has 1 aromatic heterocycles. The van der Waals surface area contributed by atoms with Crippen molar-refractivity contribution in [3.05, 3.63) is 24.5 Å². The third-order valence-corrected chi connectivity index (χ3v) is 2.40. The first kappa shape index (κ1) is 14.9. The number of nitrogens with one attached hydrogen (secondary N) is 2. The standard InChI is InChI=1S/C13H20N4O2/c1-6-7-14-10-8-11(16-9(2)15-10)17-13(3,4)12(18)19-5/h6,8H,1,7H2,2-5H3,(H2,14,15,16,17). The summed E-state index contributed by atoms with van der Waals surface area (Å²) in [7, 11) is 1.36. The molecule has 1 heterocycles. The van der Waals surface area contributed by atoms with Gasteiger partial charge in [0, 0.05) is 12.6 Å². The highest BCUT2D eigenvalue weighted by atomic mass is 16.5. The molecule has 0 amide bonds. The van der Waals surface area contributed by atoms with Crippen LogP contribution >= 0.6 is 0 Å². The molecule has 1 rings (SSSR count). The van der Waals surface area contributed by atoms with Crippen molar-refractivity contribution in [3.63, 3.8) is 0 Å². The second kappa shape index (κ2) is 6.17. The van der Waals surface area contributed by atoms with Crippen LogP contribution in [-0.2, 0) is 9.53 Å². The number of methoxy groups -OCH3 is 1. The van der Waals surface area contributed by atoms with E-state index in [9.17, 15) is 4.79 Å². The van der Waals surface area contributed by atoms with E-state index >= 15 is 0 Å². The molecular formula is C13H20N4O2. The molecule has 0 spiro atoms. The van der Waals surface area contributed by atoms with Gasteiger partial charge in [-0.1, -0.05) is 6.08 Å². The van der Waals surface area contributed by atoms with Gasteiger partial charge in [0.25, 0.3) is 0 Å². The quantitative estimate of drug-likeness (QED) is 0.602. The number of aryl methyl sites for hydroxylation is 1. The number of carbonyl (C=O) groups is 1. The molecule has 0 saturated heterocycles. The number of ether oxygens (including phenoxy) is 1. The van der Waals surface area contributed by atoms with Gasteiger partial charge in [-0.25, -0.2) is 14.8 Å². The summed E-state index contributed by atoms with van der Waals surface area (Å²) in [5.74, 6) is 1.49. The predicted octanol–water partition coefficient (Wildman–Crippen LogP) is 1.75. The summed E-state index contributed by atoms with van der Waals surface area (Å²) in [6.45, 7) is 9.48. The molecule has 6 heteroatoms. The van der Waals surface area contributed by atoms with Crippen LogP contribution in [0.25, 0.3) is 0 Å². The van der Waals surface area contributed by atoms with E-state index in [0.29, 0.717) is 24.0 Å². The number of nitrogens with zero attached hydrogens (tertiary/aromatic N) is 2. The van der Waals surface area contributed by atoms with Crippen LogP contribution in [0.3, 0.4) is 0 Å². The highest BCUT2D eigenvalue weighted by Crippen LogP contribution is 2.17. The van der Waals surface area contributed by atoms with Crippen LogP contribution in [0.15, 0.2) is 18.7 Å². The number of hydrogen-bond acceptors (Lipinski definition) is 6. The van der Waals surface area contributed by atoms with Crippen molar-refractivity contribution in [1.82, 2.24) is 9.97 Å². The molecule has 0 aliphatic heterocycles. The Morgan fingerprint density at radius 3 is 2.68 bits per heavy atom. The molecule has 0 bridgehead atoms. The van der Waals surface area contributed by atoms with Crippen LogP contribution in [-0.4, -0.2) is 35.1 Å². The monoisotopic (exact) mass is 264 g/mol. The largest absolute Gasteiger partial charge is 0.467 e. The van der Waals surface area contributed by atoms with Gasteiger partial charge in [0.15, 0.2) is 0 Å². The fourth-order valence-corrected chi connectivity index (χ4v) is 1.53. The third-order valence-electron chi connectivity index (χ3n) is 2.40. The maximum Gasteiger partial charge on any atom is 0.330 e. The fraction of sp³-hybridized carbons (Fsp3) is 0.462. The van der Waals surface area contributed by atoms with E-state index in [1.807, 2.05) is 0 Å². The first-order chi connectivity index (χ1) is 8.89. The molecule has 6 nitrogen and oxygen atoms in total. The highest BCUT2D eigenvalue weighted by molar-refractivity contribution is 5.83. The average molecular weight is 264 g/mol. The number of hydrogen-bond donors (Lipinski definition) is 2. The van der Waals surface area contributed by atoms with Crippen LogP contribution in [0.2, 0.25) is 0 Å². The van der Waals surface area contributed by atoms with E-state index in [1.165, 1.54) is 7.11 Å². The van der Waals surface area contributed by atoms with E-state index in [-0.39, 0.29) is 5.97 Å². The summed E-state index contributed by atoms with van der Waals surface area (Å²) in [5.41, 5.74) is -0.856. The fourth-order valence-electron chi connectivity index (χ4n) is 1.53. The molecule has 0 radical (unpaired) electrons. The zero-order valence-electron chi connectivity index (χ0n) is 11.8. The number of esters is 1. The minimum absolute atomic E-state index is 0.357. The Bertz CT molecular complexity index is 472. The minimum Gasteiger partial charge on any atom is -0.467 e. The van der Waals surface area contributed by atoms with E-state index < -0.39 is 5.54 Å². The SMILES string of the molecule is C=CCNc1cc(NC(C)(C)C(=O)OC)nc(C)n1. The first-order valence-electron chi connectivity index (χ1n) is 5.96. The van der Waals surface area contributed by atoms with Crippen molar-refractivity contribution < 1.29 is 9.53 Å². The second-order valence-corrected chi connectivity index (χ2v) is 4.60. The van der Waals surface area contributed by atoms with Crippen molar-refractivity contribution in [2.24, 2.45) is 0 Å². The molecule has 1 aromatic rings. The van der Waals surface area contributed by atoms with Gasteiger partial charge in [0.2, 0.25) is 0 Å². The molecule has 2 N–H and O–H groups in total. The number of anilines is 2. The molecule has 0 aliphatic rings. The van der Waals surface area contributed by atoms with Crippen molar-refractivity contribution in [2.75, 3.05) is 24.3 Å². The zero-order valence-corrected chi connectivity index (χ0v) is 11.8. The smallest absolute Gasteiger partial charge is 0.330 e. The Hall–Kier alpha value is -2.11. The van der Waals surface area contributed by atoms with Crippen LogP contribution in [0.4, 0.5) is 11.6 Å². The lowest BCUT2D eigenvalue weighted by Crippen LogP contribution is -2.41. The topological polar surface area (TPSA) is 76.1 Å². The van der Waals surface area contributed by atoms with E-state index in [4.69, 9.17) is 4.74 Å². The van der Waals surface area contributed by atoms with Gasteiger partial charge in [-0.05, 0) is 20.8 Å². The van der Waals surface area contributed by atoms with Gasteiger partial charge < -0.3 is 15.4 Å². The lowest BCUT2D eigenvalue weighted by atomic mass is 10.1. The molecule has 0 aromatic carbocycles. The summed E-state index contributed by atoms with van der Waals surface area (Å²) < 4.78 is 4.74. The van der Waals surface area contributed by atoms with Crippen LogP contribution in [0.1, 0.15) is 19.7 Å². The zero-order chi connectivity index (χ0) is 14.5. The Balaban J connectivity index is 2.91. The van der Waals surface area contributed by atoms with E-state index in [1.54, 1.807) is 32.9 Å². The van der Waals surface area contributed by atoms with Crippen molar-refractivity contribution in [1.29, 1.82) is 0 Å². The van der Waals surface area contributed by atoms with Crippen molar-refractivity contribution in [2.45, 2.75) is 26.3 Å². The Labute approximate surface area is 113 Å². The Morgan fingerprint density at radius 1 is 1.47 bits per heavy atom. The van der Waals surface area contributed by atoms with Crippen LogP contribution < -0.4 is 10.6 Å². The maximum atomic E-state index is 11.6. The van der Waals surface area contributed by atoms with E-state index in [0.717, 1.165) is 0 Å². The van der Waals surface area contributed by atoms with Gasteiger partial charge in [0.1, 0.15) is 23.0 Å². The lowest BCUT2D eigenvalue weighted by molar-refractivity contribution is -0.144. The molecule has 0 aliphatic carbocycles. The lowest BCUT2D eigenvalue weighted by Gasteiger charge is -2.24. The van der Waals surface area contributed by atoms with Gasteiger partial charge in [-0.3, -0.25) is 0 Å². The van der Waals surface area contributed by atoms with E-state index in [2.05, 4.69) is 27.2 Å². The van der Waals surface area contributed by atoms with Crippen LogP contribution in [0, 0.1) is 6.92 Å². The summed E-state index contributed by atoms with van der Waals surface area (Å²) in [5, 5.41) is 6.11. The van der Waals surface area contributed by atoms with Gasteiger partial charge in [0.05, 0.1) is 7.11 Å². The summed E-state index contributed by atoms with van der Waals surface area (Å²) in [6, 6.07) is 1.74. The van der Waals surface area contributed by atoms with Crippen LogP contribution in [0.5, 0.6) is 0 Å². The summed E-state index contributed by atoms with van der Waals surface area (Å²) in [4.78, 5) is 20.1. The molecular weight excluding hydrogens is 244 g/mol. The molecule has 0 unspecified atom stereocenters.